The zero-order valence-corrected chi connectivity index (χ0v) is 19.9. The number of ether oxygens (including phenoxy) is 1. The van der Waals surface area contributed by atoms with Gasteiger partial charge >= 0.3 is 12.0 Å². The van der Waals surface area contributed by atoms with Crippen molar-refractivity contribution in [1.29, 1.82) is 0 Å². The number of halogens is 1. The van der Waals surface area contributed by atoms with Crippen molar-refractivity contribution in [1.82, 2.24) is 15.1 Å². The second-order valence-corrected chi connectivity index (χ2v) is 8.90. The molecule has 176 valence electrons. The van der Waals surface area contributed by atoms with Gasteiger partial charge in [0.15, 0.2) is 0 Å². The topological polar surface area (TPSA) is 114 Å². The molecule has 3 aromatic rings. The first-order valence-electron chi connectivity index (χ1n) is 10.7. The minimum atomic E-state index is -0.504. The third-order valence-electron chi connectivity index (χ3n) is 5.18. The Labute approximate surface area is 205 Å². The van der Waals surface area contributed by atoms with Crippen LogP contribution in [0.5, 0.6) is 0 Å². The lowest BCUT2D eigenvalue weighted by Crippen LogP contribution is -2.34. The monoisotopic (exact) mass is 499 g/mol. The summed E-state index contributed by atoms with van der Waals surface area (Å²) in [5, 5.41) is 15.0. The van der Waals surface area contributed by atoms with Crippen molar-refractivity contribution in [2.75, 3.05) is 23.8 Å². The van der Waals surface area contributed by atoms with Gasteiger partial charge in [0.05, 0.1) is 23.9 Å². The molecule has 1 atom stereocenters. The summed E-state index contributed by atoms with van der Waals surface area (Å²) in [5.74, 6) is -0.903. The minimum absolute atomic E-state index is 0.190. The summed E-state index contributed by atoms with van der Waals surface area (Å²) in [5.41, 5.74) is 1.20. The van der Waals surface area contributed by atoms with Crippen LogP contribution in [0, 0.1) is 0 Å². The van der Waals surface area contributed by atoms with Crippen molar-refractivity contribution in [2.24, 2.45) is 0 Å². The summed E-state index contributed by atoms with van der Waals surface area (Å²) in [7, 11) is 0. The van der Waals surface area contributed by atoms with Gasteiger partial charge in [-0.25, -0.2) is 9.59 Å². The van der Waals surface area contributed by atoms with Crippen molar-refractivity contribution in [3.63, 3.8) is 0 Å². The molecule has 0 spiro atoms. The van der Waals surface area contributed by atoms with Crippen LogP contribution in [0.4, 0.5) is 16.2 Å². The lowest BCUT2D eigenvalue weighted by atomic mass is 10.2. The molecule has 11 heteroatoms. The van der Waals surface area contributed by atoms with Crippen LogP contribution in [0.3, 0.4) is 0 Å². The number of carbonyl (C=O) groups excluding carboxylic acids is 3. The molecule has 0 saturated carbocycles. The number of nitrogens with one attached hydrogen (secondary N) is 2. The molecule has 0 unspecified atom stereocenters. The van der Waals surface area contributed by atoms with Gasteiger partial charge in [-0.15, -0.1) is 10.2 Å². The van der Waals surface area contributed by atoms with Crippen molar-refractivity contribution in [3.8, 4) is 0 Å². The fraction of sp³-hybridized carbons (Fsp3) is 0.261. The molecule has 2 N–H and O–H groups in total. The standard InChI is InChI=1S/C23H22ClN5O4S/c1-2-33-22(31)16-9-3-4-10-17(16)26-23(32)29-12-6-11-18(29)20-27-28-21(34-20)19(30)25-15-8-5-7-14(24)13-15/h3-5,7-10,13,18H,2,6,11-12H2,1H3,(H,25,30)(H,26,32)/t18-/m0/s1. The maximum absolute atomic E-state index is 13.1. The van der Waals surface area contributed by atoms with Gasteiger partial charge in [0.25, 0.3) is 5.91 Å². The van der Waals surface area contributed by atoms with Gasteiger partial charge in [0, 0.05) is 17.3 Å². The number of rotatable bonds is 6. The largest absolute Gasteiger partial charge is 0.462 e. The van der Waals surface area contributed by atoms with Crippen LogP contribution in [-0.4, -0.2) is 46.2 Å². The molecule has 3 amide bonds. The summed E-state index contributed by atoms with van der Waals surface area (Å²) in [6.45, 7) is 2.47. The highest BCUT2D eigenvalue weighted by Crippen LogP contribution is 2.34. The molecule has 1 fully saturated rings. The Morgan fingerprint density at radius 3 is 2.76 bits per heavy atom. The molecule has 1 saturated heterocycles. The molecule has 0 bridgehead atoms. The molecular weight excluding hydrogens is 478 g/mol. The second-order valence-electron chi connectivity index (χ2n) is 7.46. The van der Waals surface area contributed by atoms with Crippen LogP contribution in [0.25, 0.3) is 0 Å². The first-order chi connectivity index (χ1) is 16.5. The molecule has 1 aliphatic rings. The van der Waals surface area contributed by atoms with Crippen LogP contribution in [-0.2, 0) is 4.74 Å². The molecule has 0 radical (unpaired) electrons. The minimum Gasteiger partial charge on any atom is -0.462 e. The number of amides is 3. The van der Waals surface area contributed by atoms with E-state index in [1.165, 1.54) is 0 Å². The van der Waals surface area contributed by atoms with Crippen LogP contribution >= 0.6 is 22.9 Å². The Balaban J connectivity index is 1.46. The van der Waals surface area contributed by atoms with Gasteiger partial charge in [-0.05, 0) is 50.1 Å². The molecular formula is C23H22ClN5O4S. The smallest absolute Gasteiger partial charge is 0.340 e. The van der Waals surface area contributed by atoms with Crippen molar-refractivity contribution in [3.05, 3.63) is 69.1 Å². The highest BCUT2D eigenvalue weighted by Gasteiger charge is 2.33. The van der Waals surface area contributed by atoms with Gasteiger partial charge < -0.3 is 20.3 Å². The normalized spacial score (nSPS) is 15.1. The molecule has 9 nitrogen and oxygen atoms in total. The van der Waals surface area contributed by atoms with Crippen molar-refractivity contribution in [2.45, 2.75) is 25.8 Å². The summed E-state index contributed by atoms with van der Waals surface area (Å²) < 4.78 is 5.07. The van der Waals surface area contributed by atoms with E-state index in [2.05, 4.69) is 20.8 Å². The molecule has 34 heavy (non-hydrogen) atoms. The number of nitrogens with zero attached hydrogens (tertiary/aromatic N) is 3. The predicted molar refractivity (Wildman–Crippen MR) is 129 cm³/mol. The highest BCUT2D eigenvalue weighted by molar-refractivity contribution is 7.13. The molecule has 2 aromatic carbocycles. The Bertz CT molecular complexity index is 1220. The van der Waals surface area contributed by atoms with E-state index in [0.717, 1.165) is 17.8 Å². The highest BCUT2D eigenvalue weighted by atomic mass is 35.5. The number of hydrogen-bond donors (Lipinski definition) is 2. The molecule has 0 aliphatic carbocycles. The maximum atomic E-state index is 13.1. The third kappa shape index (κ3) is 5.35. The zero-order valence-electron chi connectivity index (χ0n) is 18.3. The number of para-hydroxylation sites is 1. The summed E-state index contributed by atoms with van der Waals surface area (Å²) in [6.07, 6.45) is 1.47. The van der Waals surface area contributed by atoms with Gasteiger partial charge in [-0.3, -0.25) is 4.79 Å². The molecule has 4 rings (SSSR count). The van der Waals surface area contributed by atoms with E-state index >= 15 is 0 Å². The first-order valence-corrected chi connectivity index (χ1v) is 11.9. The number of hydrogen-bond acceptors (Lipinski definition) is 7. The average Bonchev–Trinajstić information content (AvgIpc) is 3.49. The van der Waals surface area contributed by atoms with Crippen molar-refractivity contribution < 1.29 is 19.1 Å². The third-order valence-corrected chi connectivity index (χ3v) is 6.44. The Kier molecular flexibility index (Phi) is 7.39. The number of carbonyl (C=O) groups is 3. The molecule has 1 aromatic heterocycles. The van der Waals surface area contributed by atoms with Gasteiger partial charge in [0.1, 0.15) is 5.01 Å². The summed E-state index contributed by atoms with van der Waals surface area (Å²) in [4.78, 5) is 39.5. The van der Waals surface area contributed by atoms with E-state index in [1.807, 2.05) is 0 Å². The fourth-order valence-corrected chi connectivity index (χ4v) is 4.72. The second kappa shape index (κ2) is 10.6. The van der Waals surface area contributed by atoms with Crippen LogP contribution in [0.15, 0.2) is 48.5 Å². The van der Waals surface area contributed by atoms with E-state index in [1.54, 1.807) is 60.4 Å². The Hall–Kier alpha value is -3.50. The Morgan fingerprint density at radius 1 is 1.15 bits per heavy atom. The number of urea groups is 1. The van der Waals surface area contributed by atoms with E-state index in [0.29, 0.717) is 34.4 Å². The van der Waals surface area contributed by atoms with E-state index in [9.17, 15) is 14.4 Å². The lowest BCUT2D eigenvalue weighted by Gasteiger charge is -2.23. The quantitative estimate of drug-likeness (QED) is 0.462. The van der Waals surface area contributed by atoms with E-state index in [4.69, 9.17) is 16.3 Å². The van der Waals surface area contributed by atoms with Crippen molar-refractivity contribution >= 4 is 52.2 Å². The Morgan fingerprint density at radius 2 is 1.97 bits per heavy atom. The number of anilines is 2. The van der Waals surface area contributed by atoms with Gasteiger partial charge in [-0.1, -0.05) is 41.1 Å². The van der Waals surface area contributed by atoms with Crippen LogP contribution in [0.2, 0.25) is 5.02 Å². The van der Waals surface area contributed by atoms with E-state index < -0.39 is 11.9 Å². The number of aromatic nitrogens is 2. The first kappa shape index (κ1) is 23.7. The fourth-order valence-electron chi connectivity index (χ4n) is 3.64. The zero-order chi connectivity index (χ0) is 24.1. The van der Waals surface area contributed by atoms with Gasteiger partial charge in [-0.2, -0.15) is 0 Å². The summed E-state index contributed by atoms with van der Waals surface area (Å²) >= 11 is 7.11. The predicted octanol–water partition coefficient (Wildman–Crippen LogP) is 4.99. The molecule has 2 heterocycles. The molecule has 1 aliphatic heterocycles. The lowest BCUT2D eigenvalue weighted by molar-refractivity contribution is 0.0527. The number of likely N-dealkylation sites (tertiary alicyclic amines) is 1. The number of benzene rings is 2. The van der Waals surface area contributed by atoms with E-state index in [-0.39, 0.29) is 29.3 Å². The van der Waals surface area contributed by atoms with Crippen LogP contribution < -0.4 is 10.6 Å². The SMILES string of the molecule is CCOC(=O)c1ccccc1NC(=O)N1CCC[C@H]1c1nnc(C(=O)Nc2cccc(Cl)c2)s1. The van der Waals surface area contributed by atoms with Gasteiger partial charge in [0.2, 0.25) is 5.01 Å². The average molecular weight is 500 g/mol. The summed E-state index contributed by atoms with van der Waals surface area (Å²) in [6, 6.07) is 12.8. The van der Waals surface area contributed by atoms with Crippen LogP contribution in [0.1, 0.15) is 51.0 Å². The maximum Gasteiger partial charge on any atom is 0.340 e. The number of esters is 1.